The highest BCUT2D eigenvalue weighted by Gasteiger charge is 2.30. The first-order valence-electron chi connectivity index (χ1n) is 14.5. The van der Waals surface area contributed by atoms with Crippen LogP contribution in [-0.4, -0.2) is 75.8 Å². The van der Waals surface area contributed by atoms with Gasteiger partial charge in [-0.05, 0) is 37.0 Å². The van der Waals surface area contributed by atoms with Gasteiger partial charge in [0.05, 0.1) is 6.54 Å². The molecule has 13 heteroatoms. The lowest BCUT2D eigenvalue weighted by atomic mass is 10.0. The van der Waals surface area contributed by atoms with Crippen LogP contribution in [0.4, 0.5) is 0 Å². The maximum Gasteiger partial charge on any atom is 0.274 e. The van der Waals surface area contributed by atoms with Crippen molar-refractivity contribution in [1.82, 2.24) is 36.3 Å². The van der Waals surface area contributed by atoms with Crippen molar-refractivity contribution in [2.45, 2.75) is 58.3 Å². The van der Waals surface area contributed by atoms with Crippen LogP contribution >= 0.6 is 0 Å². The minimum Gasteiger partial charge on any atom is -0.359 e. The van der Waals surface area contributed by atoms with E-state index in [0.29, 0.717) is 12.0 Å². The van der Waals surface area contributed by atoms with Crippen molar-refractivity contribution in [3.05, 3.63) is 83.5 Å². The molecule has 4 rings (SSSR count). The van der Waals surface area contributed by atoms with Crippen LogP contribution in [0.5, 0.6) is 0 Å². The molecule has 0 radical (unpaired) electrons. The molecule has 3 heterocycles. The number of rotatable bonds is 5. The summed E-state index contributed by atoms with van der Waals surface area (Å²) in [5, 5.41) is 14.7. The van der Waals surface area contributed by atoms with Crippen LogP contribution in [0.25, 0.3) is 0 Å². The van der Waals surface area contributed by atoms with Gasteiger partial charge >= 0.3 is 0 Å². The number of hydrogen-bond donors (Lipinski definition) is 4. The maximum absolute atomic E-state index is 13.5. The van der Waals surface area contributed by atoms with E-state index in [1.54, 1.807) is 12.1 Å². The normalized spacial score (nSPS) is 20.5. The zero-order valence-electron chi connectivity index (χ0n) is 24.9. The van der Waals surface area contributed by atoms with Crippen LogP contribution in [0.3, 0.4) is 0 Å². The van der Waals surface area contributed by atoms with E-state index < -0.39 is 41.8 Å². The fourth-order valence-corrected chi connectivity index (χ4v) is 4.72. The van der Waals surface area contributed by atoms with E-state index in [1.807, 2.05) is 44.2 Å². The highest BCUT2D eigenvalue weighted by Crippen LogP contribution is 2.13. The van der Waals surface area contributed by atoms with Crippen LogP contribution in [0.2, 0.25) is 0 Å². The molecule has 4 N–H and O–H groups in total. The van der Waals surface area contributed by atoms with Crippen LogP contribution < -0.4 is 21.3 Å². The summed E-state index contributed by atoms with van der Waals surface area (Å²) < 4.78 is 5.35. The Morgan fingerprint density at radius 2 is 1.66 bits per heavy atom. The molecule has 0 spiro atoms. The second-order valence-corrected chi connectivity index (χ2v) is 11.1. The first kappa shape index (κ1) is 31.9. The molecule has 0 aliphatic carbocycles. The predicted octanol–water partition coefficient (Wildman–Crippen LogP) is 1.22. The van der Waals surface area contributed by atoms with Gasteiger partial charge in [-0.25, -0.2) is 0 Å². The Balaban J connectivity index is 1.64. The minimum atomic E-state index is -1.02. The van der Waals surface area contributed by atoms with E-state index in [4.69, 9.17) is 4.52 Å². The van der Waals surface area contributed by atoms with Gasteiger partial charge in [0, 0.05) is 43.5 Å². The smallest absolute Gasteiger partial charge is 0.274 e. The lowest BCUT2D eigenvalue weighted by molar-refractivity contribution is -0.132. The van der Waals surface area contributed by atoms with E-state index in [0.717, 1.165) is 5.56 Å². The fraction of sp³-hybridized carbons (Fsp3) is 0.387. The van der Waals surface area contributed by atoms with Crippen molar-refractivity contribution >= 4 is 29.5 Å². The highest BCUT2D eigenvalue weighted by molar-refractivity contribution is 5.98. The summed E-state index contributed by atoms with van der Waals surface area (Å²) in [6.07, 6.45) is 3.49. The Morgan fingerprint density at radius 1 is 0.955 bits per heavy atom. The van der Waals surface area contributed by atoms with Crippen molar-refractivity contribution in [3.8, 4) is 0 Å². The molecule has 0 unspecified atom stereocenters. The maximum atomic E-state index is 13.5. The van der Waals surface area contributed by atoms with Crippen LogP contribution in [0.15, 0.2) is 65.4 Å². The Morgan fingerprint density at radius 3 is 2.36 bits per heavy atom. The van der Waals surface area contributed by atoms with Crippen molar-refractivity contribution in [2.75, 3.05) is 13.1 Å². The van der Waals surface area contributed by atoms with E-state index >= 15 is 0 Å². The summed E-state index contributed by atoms with van der Waals surface area (Å²) >= 11 is 0. The molecule has 1 aromatic carbocycles. The van der Waals surface area contributed by atoms with Crippen molar-refractivity contribution in [2.24, 2.45) is 5.92 Å². The minimum absolute atomic E-state index is 0.0349. The van der Waals surface area contributed by atoms with Crippen molar-refractivity contribution in [3.63, 3.8) is 0 Å². The zero-order chi connectivity index (χ0) is 31.6. The molecule has 0 saturated heterocycles. The summed E-state index contributed by atoms with van der Waals surface area (Å²) in [6.45, 7) is 5.40. The topological polar surface area (TPSA) is 176 Å². The van der Waals surface area contributed by atoms with E-state index in [1.165, 1.54) is 30.3 Å². The average Bonchev–Trinajstić information content (AvgIpc) is 3.48. The number of nitrogens with zero attached hydrogens (tertiary/aromatic N) is 3. The molecule has 1 aliphatic rings. The summed E-state index contributed by atoms with van der Waals surface area (Å²) in [6, 6.07) is 10.8. The molecule has 3 atom stereocenters. The van der Waals surface area contributed by atoms with Gasteiger partial charge in [0.1, 0.15) is 18.1 Å². The molecule has 5 amide bonds. The summed E-state index contributed by atoms with van der Waals surface area (Å²) in [4.78, 5) is 71.7. The van der Waals surface area contributed by atoms with Crippen molar-refractivity contribution in [1.29, 1.82) is 0 Å². The van der Waals surface area contributed by atoms with E-state index in [9.17, 15) is 24.0 Å². The molecular weight excluding hydrogens is 566 g/mol. The molecule has 2 aromatic heterocycles. The standard InChI is InChI=1S/C31H37N7O6/c1-19(2)15-24-29(41)36-25(16-21-7-5-4-6-8-21)28(40)33-13-14-38(31(43)22-9-11-32-12-10-22)18-23-17-26(37-44-23)30(42)34-20(3)27(39)35-24/h4-12,17,19-20,24-25H,13-16,18H2,1-3H3,(H,33,40)(H,34,42)(H,35,39)(H,36,41)/t20-,24-,25-/m1/s1. The lowest BCUT2D eigenvalue weighted by Crippen LogP contribution is -2.57. The van der Waals surface area contributed by atoms with E-state index in [2.05, 4.69) is 31.4 Å². The third-order valence-electron chi connectivity index (χ3n) is 7.03. The molecule has 0 saturated carbocycles. The van der Waals surface area contributed by atoms with Crippen LogP contribution in [0.1, 0.15) is 59.4 Å². The summed E-state index contributed by atoms with van der Waals surface area (Å²) in [7, 11) is 0. The SMILES string of the molecule is CC(C)C[C@H]1NC(=O)[C@@H](C)NC(=O)c2cc(on2)CN(C(=O)c2ccncc2)CCNC(=O)[C@@H](Cc2ccccc2)NC1=O. The van der Waals surface area contributed by atoms with Gasteiger partial charge in [-0.15, -0.1) is 0 Å². The molecule has 3 aromatic rings. The number of pyridine rings is 1. The van der Waals surface area contributed by atoms with Gasteiger partial charge < -0.3 is 30.7 Å². The van der Waals surface area contributed by atoms with Gasteiger partial charge in [-0.1, -0.05) is 49.3 Å². The second kappa shape index (κ2) is 14.9. The number of aromatic nitrogens is 2. The Hall–Kier alpha value is -5.07. The molecule has 1 aliphatic heterocycles. The molecule has 44 heavy (non-hydrogen) atoms. The first-order valence-corrected chi connectivity index (χ1v) is 14.5. The summed E-state index contributed by atoms with van der Waals surface area (Å²) in [5.41, 5.74) is 1.12. The van der Waals surface area contributed by atoms with Gasteiger partial charge in [-0.2, -0.15) is 0 Å². The Kier molecular flexibility index (Phi) is 10.8. The second-order valence-electron chi connectivity index (χ2n) is 11.1. The number of nitrogens with one attached hydrogen (secondary N) is 4. The van der Waals surface area contributed by atoms with Crippen LogP contribution in [0, 0.1) is 5.92 Å². The Bertz CT molecular complexity index is 1460. The number of hydrogen-bond acceptors (Lipinski definition) is 8. The average molecular weight is 604 g/mol. The predicted molar refractivity (Wildman–Crippen MR) is 159 cm³/mol. The van der Waals surface area contributed by atoms with Gasteiger partial charge in [-0.3, -0.25) is 29.0 Å². The Labute approximate surface area is 255 Å². The molecule has 2 bridgehead atoms. The zero-order valence-corrected chi connectivity index (χ0v) is 24.9. The van der Waals surface area contributed by atoms with E-state index in [-0.39, 0.29) is 49.3 Å². The molecule has 0 fully saturated rings. The summed E-state index contributed by atoms with van der Waals surface area (Å²) in [5.74, 6) is -2.30. The number of fused-ring (bicyclic) bond motifs is 2. The van der Waals surface area contributed by atoms with Crippen LogP contribution in [-0.2, 0) is 27.3 Å². The number of benzene rings is 1. The number of amides is 5. The number of carbonyl (C=O) groups excluding carboxylic acids is 5. The number of carbonyl (C=O) groups is 5. The van der Waals surface area contributed by atoms with Gasteiger partial charge in [0.25, 0.3) is 11.8 Å². The van der Waals surface area contributed by atoms with Crippen molar-refractivity contribution < 1.29 is 28.5 Å². The third kappa shape index (κ3) is 8.72. The third-order valence-corrected chi connectivity index (χ3v) is 7.03. The lowest BCUT2D eigenvalue weighted by Gasteiger charge is -2.26. The van der Waals surface area contributed by atoms with Gasteiger partial charge in [0.15, 0.2) is 11.5 Å². The molecular formula is C31H37N7O6. The largest absolute Gasteiger partial charge is 0.359 e. The quantitative estimate of drug-likeness (QED) is 0.337. The van der Waals surface area contributed by atoms with Gasteiger partial charge in [0.2, 0.25) is 17.7 Å². The first-order chi connectivity index (χ1) is 21.1. The fourth-order valence-electron chi connectivity index (χ4n) is 4.72. The molecule has 13 nitrogen and oxygen atoms in total. The highest BCUT2D eigenvalue weighted by atomic mass is 16.5. The molecule has 232 valence electrons. The monoisotopic (exact) mass is 603 g/mol.